The molecule has 0 bridgehead atoms. The molecule has 0 saturated carbocycles. The monoisotopic (exact) mass is 216 g/mol. The maximum Gasteiger partial charge on any atom is 0.320 e. The first-order valence-electron chi connectivity index (χ1n) is 4.93. The molecule has 1 unspecified atom stereocenters. The number of piperidine rings is 1. The van der Waals surface area contributed by atoms with Crippen molar-refractivity contribution < 1.29 is 19.8 Å². The fourth-order valence-electron chi connectivity index (χ4n) is 1.86. The van der Waals surface area contributed by atoms with Crippen molar-refractivity contribution in [2.24, 2.45) is 11.7 Å². The summed E-state index contributed by atoms with van der Waals surface area (Å²) in [5.74, 6) is -1.87. The fraction of sp³-hybridized carbons (Fsp3) is 0.778. The molecule has 1 fully saturated rings. The third-order valence-corrected chi connectivity index (χ3v) is 2.78. The van der Waals surface area contributed by atoms with E-state index in [1.54, 1.807) is 4.90 Å². The van der Waals surface area contributed by atoms with Crippen LogP contribution in [0.15, 0.2) is 0 Å². The van der Waals surface area contributed by atoms with Crippen LogP contribution in [0.25, 0.3) is 0 Å². The van der Waals surface area contributed by atoms with E-state index in [-0.39, 0.29) is 12.5 Å². The lowest BCUT2D eigenvalue weighted by Crippen LogP contribution is -2.45. The Kier molecular flexibility index (Phi) is 4.05. The van der Waals surface area contributed by atoms with Crippen LogP contribution in [-0.4, -0.2) is 52.7 Å². The zero-order valence-corrected chi connectivity index (χ0v) is 8.43. The number of aliphatic carboxylic acids is 2. The Labute approximate surface area is 87.7 Å². The Hall–Kier alpha value is -1.14. The summed E-state index contributed by atoms with van der Waals surface area (Å²) in [7, 11) is 0. The summed E-state index contributed by atoms with van der Waals surface area (Å²) in [5.41, 5.74) is 5.50. The molecule has 6 heteroatoms. The van der Waals surface area contributed by atoms with Gasteiger partial charge in [-0.15, -0.1) is 0 Å². The van der Waals surface area contributed by atoms with Crippen LogP contribution in [-0.2, 0) is 9.59 Å². The fourth-order valence-corrected chi connectivity index (χ4v) is 1.86. The molecule has 0 radical (unpaired) electrons. The third-order valence-electron chi connectivity index (χ3n) is 2.78. The van der Waals surface area contributed by atoms with E-state index in [0.717, 1.165) is 0 Å². The summed E-state index contributed by atoms with van der Waals surface area (Å²) in [6.45, 7) is 1.24. The van der Waals surface area contributed by atoms with E-state index < -0.39 is 18.0 Å². The molecule has 6 nitrogen and oxygen atoms in total. The highest BCUT2D eigenvalue weighted by molar-refractivity contribution is 5.73. The molecule has 4 N–H and O–H groups in total. The largest absolute Gasteiger partial charge is 0.480 e. The minimum atomic E-state index is -0.980. The van der Waals surface area contributed by atoms with Crippen molar-refractivity contribution in [1.82, 2.24) is 4.90 Å². The highest BCUT2D eigenvalue weighted by Gasteiger charge is 2.28. The first-order valence-corrected chi connectivity index (χ1v) is 4.93. The zero-order valence-electron chi connectivity index (χ0n) is 8.43. The molecular weight excluding hydrogens is 200 g/mol. The summed E-state index contributed by atoms with van der Waals surface area (Å²) in [6, 6.07) is -0.822. The predicted octanol–water partition coefficient (Wildman–Crippen LogP) is -0.805. The predicted molar refractivity (Wildman–Crippen MR) is 52.4 cm³/mol. The zero-order chi connectivity index (χ0) is 11.4. The van der Waals surface area contributed by atoms with Gasteiger partial charge in [-0.3, -0.25) is 14.5 Å². The Bertz CT molecular complexity index is 248. The van der Waals surface area contributed by atoms with Crippen LogP contribution in [0.3, 0.4) is 0 Å². The van der Waals surface area contributed by atoms with Crippen LogP contribution in [0.1, 0.15) is 12.8 Å². The van der Waals surface area contributed by atoms with Gasteiger partial charge in [0.1, 0.15) is 6.04 Å². The smallest absolute Gasteiger partial charge is 0.320 e. The standard InChI is InChI=1S/C9H16N2O4/c10-8(9(14)15)6-1-3-11(4-2-6)5-7(12)13/h6,8H,1-5,10H2,(H,12,13)(H,14,15). The molecular formula is C9H16N2O4. The summed E-state index contributed by atoms with van der Waals surface area (Å²) < 4.78 is 0. The number of hydrogen-bond donors (Lipinski definition) is 3. The molecule has 15 heavy (non-hydrogen) atoms. The molecule has 1 saturated heterocycles. The van der Waals surface area contributed by atoms with Crippen molar-refractivity contribution in [2.45, 2.75) is 18.9 Å². The second kappa shape index (κ2) is 5.09. The van der Waals surface area contributed by atoms with Crippen LogP contribution in [0.5, 0.6) is 0 Å². The molecule has 0 aromatic carbocycles. The maximum absolute atomic E-state index is 10.6. The van der Waals surface area contributed by atoms with E-state index in [1.165, 1.54) is 0 Å². The first kappa shape index (κ1) is 11.9. The number of hydrogen-bond acceptors (Lipinski definition) is 4. The number of nitrogens with two attached hydrogens (primary N) is 1. The molecule has 1 heterocycles. The highest BCUT2D eigenvalue weighted by atomic mass is 16.4. The quantitative estimate of drug-likeness (QED) is 0.568. The Morgan fingerprint density at radius 1 is 1.33 bits per heavy atom. The lowest BCUT2D eigenvalue weighted by atomic mass is 9.90. The molecule has 1 rings (SSSR count). The van der Waals surface area contributed by atoms with E-state index in [9.17, 15) is 9.59 Å². The molecule has 1 aliphatic heterocycles. The summed E-state index contributed by atoms with van der Waals surface area (Å²) in [4.78, 5) is 22.9. The molecule has 1 aliphatic rings. The number of carboxylic acids is 2. The average molecular weight is 216 g/mol. The minimum absolute atomic E-state index is 0.0228. The average Bonchev–Trinajstić information content (AvgIpc) is 2.17. The molecule has 1 atom stereocenters. The Morgan fingerprint density at radius 2 is 1.87 bits per heavy atom. The van der Waals surface area contributed by atoms with E-state index >= 15 is 0 Å². The lowest BCUT2D eigenvalue weighted by Gasteiger charge is -2.32. The van der Waals surface area contributed by atoms with Gasteiger partial charge < -0.3 is 15.9 Å². The topological polar surface area (TPSA) is 104 Å². The summed E-state index contributed by atoms with van der Waals surface area (Å²) >= 11 is 0. The van der Waals surface area contributed by atoms with E-state index in [1.807, 2.05) is 0 Å². The van der Waals surface area contributed by atoms with E-state index in [4.69, 9.17) is 15.9 Å². The second-order valence-corrected chi connectivity index (χ2v) is 3.87. The molecule has 0 aromatic heterocycles. The van der Waals surface area contributed by atoms with Gasteiger partial charge in [-0.25, -0.2) is 0 Å². The van der Waals surface area contributed by atoms with Gasteiger partial charge in [0, 0.05) is 0 Å². The molecule has 0 aliphatic carbocycles. The SMILES string of the molecule is NC(C(=O)O)C1CCN(CC(=O)O)CC1. The minimum Gasteiger partial charge on any atom is -0.480 e. The van der Waals surface area contributed by atoms with Gasteiger partial charge in [-0.2, -0.15) is 0 Å². The molecule has 0 spiro atoms. The second-order valence-electron chi connectivity index (χ2n) is 3.87. The number of rotatable bonds is 4. The van der Waals surface area contributed by atoms with Gasteiger partial charge in [0.25, 0.3) is 0 Å². The van der Waals surface area contributed by atoms with Crippen LogP contribution >= 0.6 is 0 Å². The summed E-state index contributed by atoms with van der Waals surface area (Å²) in [5, 5.41) is 17.3. The van der Waals surface area contributed by atoms with Crippen molar-refractivity contribution in [3.63, 3.8) is 0 Å². The lowest BCUT2D eigenvalue weighted by molar-refractivity contribution is -0.142. The van der Waals surface area contributed by atoms with Crippen LogP contribution in [0, 0.1) is 5.92 Å². The van der Waals surface area contributed by atoms with Gasteiger partial charge in [0.2, 0.25) is 0 Å². The van der Waals surface area contributed by atoms with E-state index in [2.05, 4.69) is 0 Å². The number of likely N-dealkylation sites (tertiary alicyclic amines) is 1. The van der Waals surface area contributed by atoms with Crippen LogP contribution in [0.4, 0.5) is 0 Å². The highest BCUT2D eigenvalue weighted by Crippen LogP contribution is 2.19. The molecule has 0 amide bonds. The van der Waals surface area contributed by atoms with Gasteiger partial charge in [-0.05, 0) is 31.8 Å². The van der Waals surface area contributed by atoms with Crippen LogP contribution in [0.2, 0.25) is 0 Å². The van der Waals surface area contributed by atoms with Crippen molar-refractivity contribution >= 4 is 11.9 Å². The van der Waals surface area contributed by atoms with Crippen molar-refractivity contribution in [2.75, 3.05) is 19.6 Å². The van der Waals surface area contributed by atoms with Gasteiger partial charge in [0.15, 0.2) is 0 Å². The number of carboxylic acid groups (broad SMARTS) is 2. The van der Waals surface area contributed by atoms with Gasteiger partial charge >= 0.3 is 11.9 Å². The number of nitrogens with zero attached hydrogens (tertiary/aromatic N) is 1. The maximum atomic E-state index is 10.6. The molecule has 0 aromatic rings. The van der Waals surface area contributed by atoms with Crippen molar-refractivity contribution in [3.8, 4) is 0 Å². The van der Waals surface area contributed by atoms with Gasteiger partial charge in [-0.1, -0.05) is 0 Å². The normalized spacial score (nSPS) is 21.1. The number of carbonyl (C=O) groups is 2. The van der Waals surface area contributed by atoms with Gasteiger partial charge in [0.05, 0.1) is 6.54 Å². The van der Waals surface area contributed by atoms with Crippen molar-refractivity contribution in [1.29, 1.82) is 0 Å². The van der Waals surface area contributed by atoms with E-state index in [0.29, 0.717) is 25.9 Å². The Balaban J connectivity index is 2.35. The van der Waals surface area contributed by atoms with Crippen molar-refractivity contribution in [3.05, 3.63) is 0 Å². The molecule has 86 valence electrons. The van der Waals surface area contributed by atoms with Crippen LogP contribution < -0.4 is 5.73 Å². The summed E-state index contributed by atoms with van der Waals surface area (Å²) in [6.07, 6.45) is 1.31. The third kappa shape index (κ3) is 3.49. The Morgan fingerprint density at radius 3 is 2.27 bits per heavy atom. The first-order chi connectivity index (χ1) is 7.00.